The lowest BCUT2D eigenvalue weighted by Crippen LogP contribution is -2.27. The molecule has 0 spiro atoms. The fraction of sp³-hybridized carbons (Fsp3) is 0.857. The van der Waals surface area contributed by atoms with E-state index in [-0.39, 0.29) is 12.6 Å². The minimum atomic E-state index is -0.654. The van der Waals surface area contributed by atoms with E-state index in [0.717, 1.165) is 0 Å². The van der Waals surface area contributed by atoms with Gasteiger partial charge in [-0.3, -0.25) is 0 Å². The maximum absolute atomic E-state index is 10.9. The van der Waals surface area contributed by atoms with E-state index in [9.17, 15) is 4.79 Å². The third-order valence-corrected chi connectivity index (χ3v) is 1.47. The molecule has 0 aromatic rings. The quantitative estimate of drug-likeness (QED) is 0.518. The Kier molecular flexibility index (Phi) is 2.15. The number of ether oxygens (including phenoxy) is 3. The highest BCUT2D eigenvalue weighted by molar-refractivity contribution is 5.74. The summed E-state index contributed by atoms with van der Waals surface area (Å²) in [7, 11) is 1.33. The summed E-state index contributed by atoms with van der Waals surface area (Å²) in [6.45, 7) is 3.80. The van der Waals surface area contributed by atoms with Crippen molar-refractivity contribution in [3.05, 3.63) is 0 Å². The average Bonchev–Trinajstić information content (AvgIpc) is 2.29. The van der Waals surface area contributed by atoms with Gasteiger partial charge in [-0.1, -0.05) is 0 Å². The van der Waals surface area contributed by atoms with Crippen LogP contribution in [0.1, 0.15) is 13.8 Å². The van der Waals surface area contributed by atoms with Gasteiger partial charge in [0.25, 0.3) is 0 Å². The van der Waals surface area contributed by atoms with Crippen LogP contribution in [0.5, 0.6) is 0 Å². The van der Waals surface area contributed by atoms with Crippen molar-refractivity contribution >= 4 is 5.97 Å². The molecule has 1 fully saturated rings. The molecular weight excluding hydrogens is 148 g/mol. The Morgan fingerprint density at radius 2 is 2.27 bits per heavy atom. The number of hydrogen-bond donors (Lipinski definition) is 0. The molecule has 0 amide bonds. The molecule has 1 unspecified atom stereocenters. The predicted molar refractivity (Wildman–Crippen MR) is 36.9 cm³/mol. The standard InChI is InChI=1S/C7H12O4/c1-7(2)10-4-5(11-7)6(8)9-3/h5H,4H2,1-3H3. The van der Waals surface area contributed by atoms with E-state index in [1.807, 2.05) is 0 Å². The van der Waals surface area contributed by atoms with Crippen molar-refractivity contribution in [3.8, 4) is 0 Å². The predicted octanol–water partition coefficient (Wildman–Crippen LogP) is 0.311. The maximum Gasteiger partial charge on any atom is 0.337 e. The Morgan fingerprint density at radius 3 is 2.64 bits per heavy atom. The number of rotatable bonds is 1. The van der Waals surface area contributed by atoms with Gasteiger partial charge in [0.1, 0.15) is 0 Å². The van der Waals surface area contributed by atoms with Gasteiger partial charge in [0, 0.05) is 0 Å². The molecular formula is C7H12O4. The lowest BCUT2D eigenvalue weighted by molar-refractivity contribution is -0.167. The first-order valence-corrected chi connectivity index (χ1v) is 3.45. The van der Waals surface area contributed by atoms with E-state index in [2.05, 4.69) is 4.74 Å². The number of esters is 1. The van der Waals surface area contributed by atoms with Crippen LogP contribution in [0.3, 0.4) is 0 Å². The van der Waals surface area contributed by atoms with Gasteiger partial charge in [0.15, 0.2) is 11.9 Å². The number of carbonyl (C=O) groups is 1. The molecule has 0 aromatic heterocycles. The molecule has 1 heterocycles. The zero-order chi connectivity index (χ0) is 8.48. The zero-order valence-electron chi connectivity index (χ0n) is 6.92. The van der Waals surface area contributed by atoms with Crippen LogP contribution in [0.2, 0.25) is 0 Å². The summed E-state index contributed by atoms with van der Waals surface area (Å²) in [6, 6.07) is 0. The monoisotopic (exact) mass is 160 g/mol. The fourth-order valence-corrected chi connectivity index (χ4v) is 0.935. The smallest absolute Gasteiger partial charge is 0.337 e. The second kappa shape index (κ2) is 2.79. The maximum atomic E-state index is 10.9. The van der Waals surface area contributed by atoms with Gasteiger partial charge in [-0.25, -0.2) is 4.79 Å². The molecule has 0 aromatic carbocycles. The van der Waals surface area contributed by atoms with E-state index in [1.54, 1.807) is 13.8 Å². The van der Waals surface area contributed by atoms with Gasteiger partial charge in [-0.05, 0) is 13.8 Å². The number of methoxy groups -OCH3 is 1. The van der Waals surface area contributed by atoms with Crippen molar-refractivity contribution in [2.75, 3.05) is 13.7 Å². The first kappa shape index (κ1) is 8.49. The molecule has 0 saturated carbocycles. The molecule has 1 rings (SSSR count). The summed E-state index contributed by atoms with van der Waals surface area (Å²) in [5, 5.41) is 0. The minimum Gasteiger partial charge on any atom is -0.467 e. The molecule has 1 aliphatic rings. The summed E-state index contributed by atoms with van der Waals surface area (Å²) in [4.78, 5) is 10.9. The lowest BCUT2D eigenvalue weighted by atomic mass is 10.4. The van der Waals surface area contributed by atoms with Crippen LogP contribution in [0.4, 0.5) is 0 Å². The molecule has 1 saturated heterocycles. The molecule has 11 heavy (non-hydrogen) atoms. The van der Waals surface area contributed by atoms with Gasteiger partial charge in [0.05, 0.1) is 13.7 Å². The van der Waals surface area contributed by atoms with Crippen molar-refractivity contribution in [2.24, 2.45) is 0 Å². The SMILES string of the molecule is COC(=O)C1COC(C)(C)O1. The highest BCUT2D eigenvalue weighted by atomic mass is 16.8. The Morgan fingerprint density at radius 1 is 1.64 bits per heavy atom. The molecule has 0 radical (unpaired) electrons. The fourth-order valence-electron chi connectivity index (χ4n) is 0.935. The van der Waals surface area contributed by atoms with Gasteiger partial charge in [-0.2, -0.15) is 0 Å². The van der Waals surface area contributed by atoms with Crippen molar-refractivity contribution in [1.29, 1.82) is 0 Å². The summed E-state index contributed by atoms with van der Waals surface area (Å²) in [5.41, 5.74) is 0. The van der Waals surface area contributed by atoms with Gasteiger partial charge in [-0.15, -0.1) is 0 Å². The normalized spacial score (nSPS) is 28.5. The molecule has 1 atom stereocenters. The summed E-state index contributed by atoms with van der Waals surface area (Å²) in [5.74, 6) is -1.03. The largest absolute Gasteiger partial charge is 0.467 e. The average molecular weight is 160 g/mol. The lowest BCUT2D eigenvalue weighted by Gasteiger charge is -2.15. The Bertz CT molecular complexity index is 164. The van der Waals surface area contributed by atoms with Gasteiger partial charge < -0.3 is 14.2 Å². The van der Waals surface area contributed by atoms with Gasteiger partial charge >= 0.3 is 5.97 Å². The number of carbonyl (C=O) groups excluding carboxylic acids is 1. The molecule has 4 nitrogen and oxygen atoms in total. The molecule has 0 bridgehead atoms. The third-order valence-electron chi connectivity index (χ3n) is 1.47. The topological polar surface area (TPSA) is 44.8 Å². The van der Waals surface area contributed by atoms with E-state index < -0.39 is 11.9 Å². The molecule has 4 heteroatoms. The van der Waals surface area contributed by atoms with Crippen LogP contribution >= 0.6 is 0 Å². The van der Waals surface area contributed by atoms with E-state index in [4.69, 9.17) is 9.47 Å². The van der Waals surface area contributed by atoms with Crippen LogP contribution in [-0.2, 0) is 19.0 Å². The van der Waals surface area contributed by atoms with Gasteiger partial charge in [0.2, 0.25) is 0 Å². The van der Waals surface area contributed by atoms with Crippen molar-refractivity contribution in [1.82, 2.24) is 0 Å². The highest BCUT2D eigenvalue weighted by Crippen LogP contribution is 2.22. The summed E-state index contributed by atoms with van der Waals surface area (Å²) >= 11 is 0. The molecule has 0 aliphatic carbocycles. The third kappa shape index (κ3) is 1.91. The highest BCUT2D eigenvalue weighted by Gasteiger charge is 2.37. The van der Waals surface area contributed by atoms with Crippen molar-refractivity contribution in [3.63, 3.8) is 0 Å². The second-order valence-electron chi connectivity index (χ2n) is 2.84. The first-order chi connectivity index (χ1) is 5.05. The van der Waals surface area contributed by atoms with Crippen molar-refractivity contribution < 1.29 is 19.0 Å². The van der Waals surface area contributed by atoms with Crippen LogP contribution < -0.4 is 0 Å². The van der Waals surface area contributed by atoms with Crippen LogP contribution in [0.15, 0.2) is 0 Å². The zero-order valence-corrected chi connectivity index (χ0v) is 6.92. The Labute approximate surface area is 65.4 Å². The minimum absolute atomic E-state index is 0.277. The second-order valence-corrected chi connectivity index (χ2v) is 2.84. The first-order valence-electron chi connectivity index (χ1n) is 3.45. The number of hydrogen-bond acceptors (Lipinski definition) is 4. The van der Waals surface area contributed by atoms with Crippen LogP contribution in [0.25, 0.3) is 0 Å². The van der Waals surface area contributed by atoms with Crippen molar-refractivity contribution in [2.45, 2.75) is 25.7 Å². The van der Waals surface area contributed by atoms with Crippen LogP contribution in [-0.4, -0.2) is 31.6 Å². The summed E-state index contributed by atoms with van der Waals surface area (Å²) in [6.07, 6.45) is -0.560. The van der Waals surface area contributed by atoms with E-state index in [1.165, 1.54) is 7.11 Å². The van der Waals surface area contributed by atoms with Crippen LogP contribution in [0, 0.1) is 0 Å². The molecule has 1 aliphatic heterocycles. The Hall–Kier alpha value is -0.610. The van der Waals surface area contributed by atoms with E-state index in [0.29, 0.717) is 0 Å². The molecule has 64 valence electrons. The van der Waals surface area contributed by atoms with E-state index >= 15 is 0 Å². The summed E-state index contributed by atoms with van der Waals surface area (Å²) < 4.78 is 14.8. The Balaban J connectivity index is 2.48. The molecule has 0 N–H and O–H groups in total.